The Hall–Kier alpha value is -3.66. The summed E-state index contributed by atoms with van der Waals surface area (Å²) in [6.45, 7) is 1.48. The number of nitrogens with zero attached hydrogens (tertiary/aromatic N) is 1. The Morgan fingerprint density at radius 3 is 2.55 bits per heavy atom. The van der Waals surface area contributed by atoms with Crippen LogP contribution >= 0.6 is 0 Å². The molecule has 0 saturated heterocycles. The van der Waals surface area contributed by atoms with Crippen LogP contribution in [0.5, 0.6) is 5.75 Å². The molecular formula is C22H19FN2O4. The molecule has 0 unspecified atom stereocenters. The van der Waals surface area contributed by atoms with Crippen LogP contribution in [0.1, 0.15) is 29.3 Å². The largest absolute Gasteiger partial charge is 0.481 e. The van der Waals surface area contributed by atoms with Gasteiger partial charge in [0.25, 0.3) is 0 Å². The van der Waals surface area contributed by atoms with Crippen LogP contribution < -0.4 is 10.2 Å². The lowest BCUT2D eigenvalue weighted by molar-refractivity contribution is -0.142. The molecule has 3 rings (SSSR count). The lowest BCUT2D eigenvalue weighted by Crippen LogP contribution is -2.18. The fourth-order valence-electron chi connectivity index (χ4n) is 3.13. The van der Waals surface area contributed by atoms with Crippen LogP contribution in [0.25, 0.3) is 10.9 Å². The SMILES string of the molecule is CCc1[nH]c2c(F)ccc(OCC(=O)OC)c2c(=O)c1Cc1ccc(C#N)cc1. The molecule has 0 saturated carbocycles. The van der Waals surface area contributed by atoms with Gasteiger partial charge in [-0.2, -0.15) is 5.26 Å². The second kappa shape index (κ2) is 8.57. The number of aromatic amines is 1. The van der Waals surface area contributed by atoms with Crippen molar-refractivity contribution in [1.29, 1.82) is 5.26 Å². The number of H-pyrrole nitrogens is 1. The Kier molecular flexibility index (Phi) is 5.93. The van der Waals surface area contributed by atoms with E-state index in [1.165, 1.54) is 19.2 Å². The topological polar surface area (TPSA) is 92.2 Å². The van der Waals surface area contributed by atoms with E-state index >= 15 is 0 Å². The van der Waals surface area contributed by atoms with Gasteiger partial charge >= 0.3 is 5.97 Å². The number of nitriles is 1. The van der Waals surface area contributed by atoms with E-state index in [4.69, 9.17) is 10.00 Å². The number of nitrogens with one attached hydrogen (secondary N) is 1. The molecule has 7 heteroatoms. The molecule has 0 spiro atoms. The Balaban J connectivity index is 2.13. The Labute approximate surface area is 166 Å². The summed E-state index contributed by atoms with van der Waals surface area (Å²) in [5.74, 6) is -1.08. The number of rotatable bonds is 6. The number of carbonyl (C=O) groups excluding carboxylic acids is 1. The second-order valence-electron chi connectivity index (χ2n) is 6.41. The average molecular weight is 394 g/mol. The molecule has 0 atom stereocenters. The van der Waals surface area contributed by atoms with Crippen LogP contribution in [-0.4, -0.2) is 24.7 Å². The Morgan fingerprint density at radius 2 is 1.93 bits per heavy atom. The molecular weight excluding hydrogens is 375 g/mol. The standard InChI is InChI=1S/C22H19FN2O4/c1-3-17-15(10-13-4-6-14(11-24)7-5-13)22(27)20-18(29-12-19(26)28-2)9-8-16(23)21(20)25-17/h4-9H,3,10,12H2,1-2H3,(H,25,27). The number of ether oxygens (including phenoxy) is 2. The molecule has 1 heterocycles. The van der Waals surface area contributed by atoms with Crippen LogP contribution in [-0.2, 0) is 22.4 Å². The third kappa shape index (κ3) is 4.11. The van der Waals surface area contributed by atoms with Gasteiger partial charge in [0.2, 0.25) is 0 Å². The molecule has 29 heavy (non-hydrogen) atoms. The van der Waals surface area contributed by atoms with E-state index in [-0.39, 0.29) is 22.1 Å². The lowest BCUT2D eigenvalue weighted by atomic mass is 9.98. The van der Waals surface area contributed by atoms with Gasteiger partial charge in [-0.15, -0.1) is 0 Å². The van der Waals surface area contributed by atoms with Crippen LogP contribution in [0.2, 0.25) is 0 Å². The molecule has 2 aromatic carbocycles. The summed E-state index contributed by atoms with van der Waals surface area (Å²) in [4.78, 5) is 27.7. The maximum Gasteiger partial charge on any atom is 0.343 e. The third-order valence-corrected chi connectivity index (χ3v) is 4.65. The molecule has 1 aromatic heterocycles. The molecule has 0 aliphatic carbocycles. The number of halogens is 1. The third-order valence-electron chi connectivity index (χ3n) is 4.65. The highest BCUT2D eigenvalue weighted by molar-refractivity contribution is 5.87. The average Bonchev–Trinajstić information content (AvgIpc) is 2.75. The van der Waals surface area contributed by atoms with Gasteiger partial charge in [-0.25, -0.2) is 9.18 Å². The number of pyridine rings is 1. The van der Waals surface area contributed by atoms with Gasteiger partial charge in [0.1, 0.15) is 11.6 Å². The highest BCUT2D eigenvalue weighted by atomic mass is 19.1. The molecule has 6 nitrogen and oxygen atoms in total. The predicted octanol–water partition coefficient (Wildman–Crippen LogP) is 3.24. The summed E-state index contributed by atoms with van der Waals surface area (Å²) < 4.78 is 24.4. The quantitative estimate of drug-likeness (QED) is 0.648. The van der Waals surface area contributed by atoms with Crippen molar-refractivity contribution in [1.82, 2.24) is 4.98 Å². The monoisotopic (exact) mass is 394 g/mol. The van der Waals surface area contributed by atoms with Gasteiger partial charge in [0.15, 0.2) is 12.0 Å². The number of esters is 1. The highest BCUT2D eigenvalue weighted by Gasteiger charge is 2.18. The summed E-state index contributed by atoms with van der Waals surface area (Å²) >= 11 is 0. The molecule has 1 N–H and O–H groups in total. The first kappa shape index (κ1) is 20.1. The van der Waals surface area contributed by atoms with Crippen molar-refractivity contribution in [2.24, 2.45) is 0 Å². The van der Waals surface area contributed by atoms with E-state index in [9.17, 15) is 14.0 Å². The number of methoxy groups -OCH3 is 1. The summed E-state index contributed by atoms with van der Waals surface area (Å²) in [5.41, 5.74) is 2.15. The van der Waals surface area contributed by atoms with Gasteiger partial charge in [-0.1, -0.05) is 19.1 Å². The van der Waals surface area contributed by atoms with Crippen LogP contribution in [0, 0.1) is 17.1 Å². The van der Waals surface area contributed by atoms with Gasteiger partial charge in [0, 0.05) is 17.7 Å². The number of aromatic nitrogens is 1. The molecule has 0 fully saturated rings. The number of aryl methyl sites for hydroxylation is 1. The molecule has 0 aliphatic rings. The van der Waals surface area contributed by atoms with E-state index in [1.807, 2.05) is 6.92 Å². The number of fused-ring (bicyclic) bond motifs is 1. The number of hydrogen-bond donors (Lipinski definition) is 1. The van der Waals surface area contributed by atoms with E-state index < -0.39 is 18.4 Å². The molecule has 0 radical (unpaired) electrons. The minimum atomic E-state index is -0.609. The number of carbonyl (C=O) groups is 1. The van der Waals surface area contributed by atoms with Crippen molar-refractivity contribution in [3.05, 3.63) is 74.8 Å². The zero-order chi connectivity index (χ0) is 21.0. The van der Waals surface area contributed by atoms with Gasteiger partial charge in [-0.05, 0) is 36.2 Å². The number of benzene rings is 2. The zero-order valence-electron chi connectivity index (χ0n) is 16.0. The fraction of sp³-hybridized carbons (Fsp3) is 0.227. The van der Waals surface area contributed by atoms with Crippen molar-refractivity contribution in [2.45, 2.75) is 19.8 Å². The van der Waals surface area contributed by atoms with Crippen molar-refractivity contribution >= 4 is 16.9 Å². The van der Waals surface area contributed by atoms with Gasteiger partial charge in [0.05, 0.1) is 29.6 Å². The molecule has 3 aromatic rings. The van der Waals surface area contributed by atoms with Crippen molar-refractivity contribution < 1.29 is 18.7 Å². The van der Waals surface area contributed by atoms with E-state index in [2.05, 4.69) is 15.8 Å². The van der Waals surface area contributed by atoms with Crippen molar-refractivity contribution in [2.75, 3.05) is 13.7 Å². The second-order valence-corrected chi connectivity index (χ2v) is 6.41. The van der Waals surface area contributed by atoms with Crippen LogP contribution in [0.3, 0.4) is 0 Å². The van der Waals surface area contributed by atoms with Crippen LogP contribution in [0.4, 0.5) is 4.39 Å². The van der Waals surface area contributed by atoms with Crippen molar-refractivity contribution in [3.8, 4) is 11.8 Å². The lowest BCUT2D eigenvalue weighted by Gasteiger charge is -2.14. The smallest absolute Gasteiger partial charge is 0.343 e. The fourth-order valence-corrected chi connectivity index (χ4v) is 3.13. The molecule has 0 aliphatic heterocycles. The van der Waals surface area contributed by atoms with Gasteiger partial charge < -0.3 is 14.5 Å². The van der Waals surface area contributed by atoms with Crippen molar-refractivity contribution in [3.63, 3.8) is 0 Å². The van der Waals surface area contributed by atoms with Gasteiger partial charge in [-0.3, -0.25) is 4.79 Å². The normalized spacial score (nSPS) is 10.6. The zero-order valence-corrected chi connectivity index (χ0v) is 16.0. The maximum atomic E-state index is 14.4. The molecule has 0 amide bonds. The number of hydrogen-bond acceptors (Lipinski definition) is 5. The van der Waals surface area contributed by atoms with Crippen LogP contribution in [0.15, 0.2) is 41.2 Å². The minimum Gasteiger partial charge on any atom is -0.481 e. The first-order chi connectivity index (χ1) is 14.0. The molecule has 148 valence electrons. The summed E-state index contributed by atoms with van der Waals surface area (Å²) in [6.07, 6.45) is 0.816. The Morgan fingerprint density at radius 1 is 1.21 bits per heavy atom. The summed E-state index contributed by atoms with van der Waals surface area (Å²) in [5, 5.41) is 8.99. The first-order valence-electron chi connectivity index (χ1n) is 9.03. The van der Waals surface area contributed by atoms with E-state index in [0.29, 0.717) is 29.7 Å². The summed E-state index contributed by atoms with van der Waals surface area (Å²) in [6, 6.07) is 11.5. The molecule has 0 bridgehead atoms. The first-order valence-corrected chi connectivity index (χ1v) is 9.03. The maximum absolute atomic E-state index is 14.4. The highest BCUT2D eigenvalue weighted by Crippen LogP contribution is 2.26. The predicted molar refractivity (Wildman–Crippen MR) is 105 cm³/mol. The van der Waals surface area contributed by atoms with E-state index in [1.54, 1.807) is 24.3 Å². The van der Waals surface area contributed by atoms with E-state index in [0.717, 1.165) is 5.56 Å². The Bertz CT molecular complexity index is 1160. The summed E-state index contributed by atoms with van der Waals surface area (Å²) in [7, 11) is 1.23. The minimum absolute atomic E-state index is 0.0396.